The number of rotatable bonds is 4. The summed E-state index contributed by atoms with van der Waals surface area (Å²) in [7, 11) is -3.71. The van der Waals surface area contributed by atoms with Crippen LogP contribution < -0.4 is 9.47 Å². The molecular formula is C20H21FN2O5S. The van der Waals surface area contributed by atoms with Crippen molar-refractivity contribution in [3.05, 3.63) is 53.8 Å². The average Bonchev–Trinajstić information content (AvgIpc) is 2.75. The van der Waals surface area contributed by atoms with E-state index in [4.69, 9.17) is 9.47 Å². The van der Waals surface area contributed by atoms with Crippen molar-refractivity contribution in [2.45, 2.75) is 11.3 Å². The second-order valence-corrected chi connectivity index (χ2v) is 8.80. The molecule has 0 aromatic heterocycles. The van der Waals surface area contributed by atoms with Crippen molar-refractivity contribution in [1.29, 1.82) is 0 Å². The molecule has 2 heterocycles. The van der Waals surface area contributed by atoms with E-state index < -0.39 is 15.8 Å². The Balaban J connectivity index is 1.41. The fourth-order valence-electron chi connectivity index (χ4n) is 3.43. The number of hydrogen-bond acceptors (Lipinski definition) is 5. The molecule has 2 aromatic carbocycles. The summed E-state index contributed by atoms with van der Waals surface area (Å²) in [5.74, 6) is 0.307. The van der Waals surface area contributed by atoms with Crippen LogP contribution in [0.2, 0.25) is 0 Å². The van der Waals surface area contributed by atoms with E-state index >= 15 is 0 Å². The number of ether oxygens (including phenoxy) is 2. The molecule has 7 nitrogen and oxygen atoms in total. The first-order chi connectivity index (χ1) is 13.9. The standard InChI is InChI=1S/C20H21FN2O5S/c21-17-4-2-1-3-15(17)13-20(24)22-7-9-23(10-8-22)29(25,26)16-5-6-18-19(14-16)28-12-11-27-18/h1-6,14H,7-13H2. The van der Waals surface area contributed by atoms with Gasteiger partial charge >= 0.3 is 0 Å². The molecular weight excluding hydrogens is 399 g/mol. The summed E-state index contributed by atoms with van der Waals surface area (Å²) in [4.78, 5) is 14.2. The third-order valence-corrected chi connectivity index (χ3v) is 6.94. The van der Waals surface area contributed by atoms with E-state index in [1.54, 1.807) is 29.2 Å². The van der Waals surface area contributed by atoms with Gasteiger partial charge < -0.3 is 14.4 Å². The molecule has 1 amide bonds. The first-order valence-corrected chi connectivity index (χ1v) is 10.8. The molecule has 0 aliphatic carbocycles. The number of fused-ring (bicyclic) bond motifs is 1. The van der Waals surface area contributed by atoms with Gasteiger partial charge in [0, 0.05) is 32.2 Å². The summed E-state index contributed by atoms with van der Waals surface area (Å²) in [6.45, 7) is 1.69. The highest BCUT2D eigenvalue weighted by molar-refractivity contribution is 7.89. The van der Waals surface area contributed by atoms with Crippen molar-refractivity contribution in [1.82, 2.24) is 9.21 Å². The molecule has 4 rings (SSSR count). The Morgan fingerprint density at radius 1 is 0.966 bits per heavy atom. The van der Waals surface area contributed by atoms with Crippen molar-refractivity contribution in [3.63, 3.8) is 0 Å². The van der Waals surface area contributed by atoms with Crippen LogP contribution in [0.3, 0.4) is 0 Å². The molecule has 0 atom stereocenters. The maximum absolute atomic E-state index is 13.8. The third kappa shape index (κ3) is 4.06. The van der Waals surface area contributed by atoms with Gasteiger partial charge in [-0.3, -0.25) is 4.79 Å². The van der Waals surface area contributed by atoms with E-state index in [0.717, 1.165) is 0 Å². The molecule has 2 aliphatic rings. The van der Waals surface area contributed by atoms with Gasteiger partial charge in [-0.1, -0.05) is 18.2 Å². The summed E-state index contributed by atoms with van der Waals surface area (Å²) in [6.07, 6.45) is -0.0401. The van der Waals surface area contributed by atoms with Gasteiger partial charge in [0.2, 0.25) is 15.9 Å². The number of hydrogen-bond donors (Lipinski definition) is 0. The highest BCUT2D eigenvalue weighted by atomic mass is 32.2. The van der Waals surface area contributed by atoms with Gasteiger partial charge in [-0.2, -0.15) is 4.31 Å². The van der Waals surface area contributed by atoms with Crippen molar-refractivity contribution in [2.75, 3.05) is 39.4 Å². The van der Waals surface area contributed by atoms with E-state index in [-0.39, 0.29) is 43.4 Å². The molecule has 0 spiro atoms. The largest absolute Gasteiger partial charge is 0.486 e. The summed E-state index contributed by atoms with van der Waals surface area (Å²) in [5.41, 5.74) is 0.337. The Morgan fingerprint density at radius 2 is 1.66 bits per heavy atom. The normalized spacial score (nSPS) is 17.2. The van der Waals surface area contributed by atoms with Crippen molar-refractivity contribution in [3.8, 4) is 11.5 Å². The van der Waals surface area contributed by atoms with Gasteiger partial charge in [-0.25, -0.2) is 12.8 Å². The molecule has 2 aliphatic heterocycles. The van der Waals surface area contributed by atoms with Crippen LogP contribution in [-0.2, 0) is 21.2 Å². The van der Waals surface area contributed by atoms with E-state index in [0.29, 0.717) is 30.3 Å². The average molecular weight is 420 g/mol. The fraction of sp³-hybridized carbons (Fsp3) is 0.350. The minimum atomic E-state index is -3.71. The zero-order chi connectivity index (χ0) is 20.4. The summed E-state index contributed by atoms with van der Waals surface area (Å²) >= 11 is 0. The van der Waals surface area contributed by atoms with E-state index in [1.807, 2.05) is 0 Å². The van der Waals surface area contributed by atoms with Crippen LogP contribution >= 0.6 is 0 Å². The first kappa shape index (κ1) is 19.7. The first-order valence-electron chi connectivity index (χ1n) is 9.36. The Morgan fingerprint density at radius 3 is 2.38 bits per heavy atom. The van der Waals surface area contributed by atoms with Crippen LogP contribution in [0, 0.1) is 5.82 Å². The molecule has 0 bridgehead atoms. The zero-order valence-electron chi connectivity index (χ0n) is 15.7. The van der Waals surface area contributed by atoms with Gasteiger partial charge in [0.05, 0.1) is 11.3 Å². The van der Waals surface area contributed by atoms with Gasteiger partial charge in [0.25, 0.3) is 0 Å². The van der Waals surface area contributed by atoms with Crippen molar-refractivity contribution < 1.29 is 27.1 Å². The van der Waals surface area contributed by atoms with Crippen LogP contribution in [0.1, 0.15) is 5.56 Å². The molecule has 2 aromatic rings. The van der Waals surface area contributed by atoms with Crippen LogP contribution in [0.15, 0.2) is 47.4 Å². The molecule has 1 fully saturated rings. The Labute approximate surface area is 168 Å². The number of carbonyl (C=O) groups is 1. The lowest BCUT2D eigenvalue weighted by Crippen LogP contribution is -2.50. The maximum atomic E-state index is 13.8. The van der Waals surface area contributed by atoms with E-state index in [9.17, 15) is 17.6 Å². The van der Waals surface area contributed by atoms with Crippen LogP contribution in [-0.4, -0.2) is 62.9 Å². The minimum Gasteiger partial charge on any atom is -0.486 e. The Kier molecular flexibility index (Phi) is 5.42. The highest BCUT2D eigenvalue weighted by Crippen LogP contribution is 2.33. The minimum absolute atomic E-state index is 0.0401. The molecule has 29 heavy (non-hydrogen) atoms. The van der Waals surface area contributed by atoms with Crippen LogP contribution in [0.5, 0.6) is 11.5 Å². The number of nitrogens with zero attached hydrogens (tertiary/aromatic N) is 2. The Bertz CT molecular complexity index is 1020. The predicted octanol–water partition coefficient (Wildman–Crippen LogP) is 1.67. The summed E-state index contributed by atoms with van der Waals surface area (Å²) in [6, 6.07) is 10.7. The molecule has 0 saturated carbocycles. The van der Waals surface area contributed by atoms with Crippen LogP contribution in [0.25, 0.3) is 0 Å². The topological polar surface area (TPSA) is 76.2 Å². The SMILES string of the molecule is O=C(Cc1ccccc1F)N1CCN(S(=O)(=O)c2ccc3c(c2)OCCO3)CC1. The number of sulfonamides is 1. The van der Waals surface area contributed by atoms with Crippen molar-refractivity contribution >= 4 is 15.9 Å². The van der Waals surface area contributed by atoms with E-state index in [2.05, 4.69) is 0 Å². The number of piperazine rings is 1. The smallest absolute Gasteiger partial charge is 0.243 e. The highest BCUT2D eigenvalue weighted by Gasteiger charge is 2.31. The van der Waals surface area contributed by atoms with Gasteiger partial charge in [-0.15, -0.1) is 0 Å². The lowest BCUT2D eigenvalue weighted by Gasteiger charge is -2.34. The predicted molar refractivity (Wildman–Crippen MR) is 103 cm³/mol. The monoisotopic (exact) mass is 420 g/mol. The van der Waals surface area contributed by atoms with E-state index in [1.165, 1.54) is 22.5 Å². The number of amides is 1. The fourth-order valence-corrected chi connectivity index (χ4v) is 4.87. The van der Waals surface area contributed by atoms with Gasteiger partial charge in [0.15, 0.2) is 11.5 Å². The Hall–Kier alpha value is -2.65. The quantitative estimate of drug-likeness (QED) is 0.752. The maximum Gasteiger partial charge on any atom is 0.243 e. The zero-order valence-corrected chi connectivity index (χ0v) is 16.5. The van der Waals surface area contributed by atoms with Gasteiger partial charge in [0.1, 0.15) is 19.0 Å². The summed E-state index contributed by atoms with van der Waals surface area (Å²) in [5, 5.41) is 0. The molecule has 154 valence electrons. The molecule has 0 unspecified atom stereocenters. The summed E-state index contributed by atoms with van der Waals surface area (Å²) < 4.78 is 51.9. The molecule has 0 radical (unpaired) electrons. The lowest BCUT2D eigenvalue weighted by molar-refractivity contribution is -0.131. The molecule has 1 saturated heterocycles. The number of halogens is 1. The molecule has 0 N–H and O–H groups in total. The second-order valence-electron chi connectivity index (χ2n) is 6.86. The lowest BCUT2D eigenvalue weighted by atomic mass is 10.1. The van der Waals surface area contributed by atoms with Crippen molar-refractivity contribution in [2.24, 2.45) is 0 Å². The van der Waals surface area contributed by atoms with Crippen LogP contribution in [0.4, 0.5) is 4.39 Å². The van der Waals surface area contributed by atoms with Gasteiger partial charge in [-0.05, 0) is 23.8 Å². The number of benzene rings is 2. The second kappa shape index (κ2) is 8.00. The molecule has 9 heteroatoms. The third-order valence-electron chi connectivity index (χ3n) is 5.04. The number of carbonyl (C=O) groups excluding carboxylic acids is 1.